The van der Waals surface area contributed by atoms with Crippen LogP contribution in [0.2, 0.25) is 0 Å². The summed E-state index contributed by atoms with van der Waals surface area (Å²) >= 11 is 0. The fraction of sp³-hybridized carbons (Fsp3) is 0.900. The van der Waals surface area contributed by atoms with Gasteiger partial charge in [-0.2, -0.15) is 0 Å². The Kier molecular flexibility index (Phi) is 6.49. The smallest absolute Gasteiger partial charge is 0.222 e. The Labute approximate surface area is 86.4 Å². The number of carbonyl (C=O) groups excluding carboxylic acids is 1. The summed E-state index contributed by atoms with van der Waals surface area (Å²) < 4.78 is 0. The van der Waals surface area contributed by atoms with Crippen LogP contribution in [0.1, 0.15) is 33.6 Å². The van der Waals surface area contributed by atoms with Crippen molar-refractivity contribution in [3.8, 4) is 0 Å². The van der Waals surface area contributed by atoms with Crippen molar-refractivity contribution < 1.29 is 4.79 Å². The number of rotatable bonds is 6. The monoisotopic (exact) mass is 201 g/mol. The van der Waals surface area contributed by atoms with Crippen molar-refractivity contribution in [2.24, 2.45) is 17.4 Å². The molecule has 0 aromatic heterocycles. The van der Waals surface area contributed by atoms with Gasteiger partial charge in [0.15, 0.2) is 0 Å². The molecule has 4 nitrogen and oxygen atoms in total. The van der Waals surface area contributed by atoms with Crippen LogP contribution in [-0.4, -0.2) is 24.5 Å². The maximum Gasteiger partial charge on any atom is 0.222 e. The Morgan fingerprint density at radius 2 is 1.93 bits per heavy atom. The minimum atomic E-state index is 0.00116. The average molecular weight is 201 g/mol. The van der Waals surface area contributed by atoms with Crippen LogP contribution >= 0.6 is 0 Å². The zero-order valence-electron chi connectivity index (χ0n) is 9.42. The molecule has 0 spiro atoms. The molecule has 1 amide bonds. The molecule has 0 heterocycles. The van der Waals surface area contributed by atoms with Gasteiger partial charge in [-0.05, 0) is 26.3 Å². The molecule has 4 heteroatoms. The van der Waals surface area contributed by atoms with E-state index < -0.39 is 0 Å². The molecule has 0 aliphatic carbocycles. The average Bonchev–Trinajstić information content (AvgIpc) is 2.13. The Hall–Kier alpha value is -0.610. The van der Waals surface area contributed by atoms with Crippen LogP contribution in [0.25, 0.3) is 0 Å². The van der Waals surface area contributed by atoms with Crippen LogP contribution in [-0.2, 0) is 4.79 Å². The first-order chi connectivity index (χ1) is 6.49. The summed E-state index contributed by atoms with van der Waals surface area (Å²) in [6.07, 6.45) is 1.76. The van der Waals surface area contributed by atoms with E-state index in [-0.39, 0.29) is 23.9 Å². The van der Waals surface area contributed by atoms with Crippen LogP contribution in [0.3, 0.4) is 0 Å². The molecule has 0 fully saturated rings. The van der Waals surface area contributed by atoms with E-state index in [0.29, 0.717) is 6.54 Å². The van der Waals surface area contributed by atoms with E-state index in [1.807, 2.05) is 20.8 Å². The first-order valence-corrected chi connectivity index (χ1v) is 5.25. The molecule has 0 aromatic rings. The van der Waals surface area contributed by atoms with Crippen LogP contribution in [0.5, 0.6) is 0 Å². The maximum absolute atomic E-state index is 11.3. The lowest BCUT2D eigenvalue weighted by atomic mass is 10.0. The number of amides is 1. The molecular weight excluding hydrogens is 178 g/mol. The van der Waals surface area contributed by atoms with Crippen molar-refractivity contribution in [3.05, 3.63) is 0 Å². The molecule has 0 rings (SSSR count). The van der Waals surface area contributed by atoms with Gasteiger partial charge in [0.1, 0.15) is 0 Å². The van der Waals surface area contributed by atoms with Gasteiger partial charge in [0, 0.05) is 18.0 Å². The normalized spacial score (nSPS) is 15.3. The first kappa shape index (κ1) is 13.4. The van der Waals surface area contributed by atoms with Crippen LogP contribution in [0.15, 0.2) is 0 Å². The fourth-order valence-corrected chi connectivity index (χ4v) is 1.10. The van der Waals surface area contributed by atoms with E-state index in [4.69, 9.17) is 11.5 Å². The molecular formula is C10H23N3O. The highest BCUT2D eigenvalue weighted by Gasteiger charge is 2.16. The molecule has 2 atom stereocenters. The highest BCUT2D eigenvalue weighted by atomic mass is 16.1. The van der Waals surface area contributed by atoms with E-state index in [1.54, 1.807) is 0 Å². The Morgan fingerprint density at radius 1 is 1.36 bits per heavy atom. The quantitative estimate of drug-likeness (QED) is 0.575. The van der Waals surface area contributed by atoms with Crippen molar-refractivity contribution in [2.45, 2.75) is 45.7 Å². The third kappa shape index (κ3) is 5.19. The van der Waals surface area contributed by atoms with Crippen molar-refractivity contribution in [2.75, 3.05) is 6.54 Å². The lowest BCUT2D eigenvalue weighted by Crippen LogP contribution is -2.47. The first-order valence-electron chi connectivity index (χ1n) is 5.25. The standard InChI is InChI=1S/C10H23N3O/c1-7(2)10(14)13-8(3)9(12)5-4-6-11/h7-9H,4-6,11-12H2,1-3H3,(H,13,14)/t8?,9-/m0/s1. The highest BCUT2D eigenvalue weighted by Crippen LogP contribution is 2.00. The molecule has 5 N–H and O–H groups in total. The second-order valence-corrected chi connectivity index (χ2v) is 4.05. The summed E-state index contributed by atoms with van der Waals surface area (Å²) in [5, 5.41) is 2.88. The summed E-state index contributed by atoms with van der Waals surface area (Å²) in [7, 11) is 0. The topological polar surface area (TPSA) is 81.1 Å². The van der Waals surface area contributed by atoms with Gasteiger partial charge in [-0.15, -0.1) is 0 Å². The van der Waals surface area contributed by atoms with Gasteiger partial charge in [-0.25, -0.2) is 0 Å². The van der Waals surface area contributed by atoms with Crippen molar-refractivity contribution in [1.29, 1.82) is 0 Å². The summed E-state index contributed by atoms with van der Waals surface area (Å²) in [5.41, 5.74) is 11.3. The molecule has 0 aliphatic heterocycles. The zero-order valence-corrected chi connectivity index (χ0v) is 9.42. The van der Waals surface area contributed by atoms with E-state index in [0.717, 1.165) is 12.8 Å². The van der Waals surface area contributed by atoms with Crippen molar-refractivity contribution >= 4 is 5.91 Å². The lowest BCUT2D eigenvalue weighted by Gasteiger charge is -2.22. The molecule has 14 heavy (non-hydrogen) atoms. The molecule has 0 bridgehead atoms. The van der Waals surface area contributed by atoms with Crippen LogP contribution in [0, 0.1) is 5.92 Å². The molecule has 0 saturated carbocycles. The predicted molar refractivity (Wildman–Crippen MR) is 58.7 cm³/mol. The number of nitrogens with one attached hydrogen (secondary N) is 1. The second-order valence-electron chi connectivity index (χ2n) is 4.05. The fourth-order valence-electron chi connectivity index (χ4n) is 1.10. The van der Waals surface area contributed by atoms with Crippen LogP contribution in [0.4, 0.5) is 0 Å². The largest absolute Gasteiger partial charge is 0.352 e. The molecule has 0 aliphatic rings. The summed E-state index contributed by atoms with van der Waals surface area (Å²) in [6.45, 7) is 6.32. The predicted octanol–water partition coefficient (Wildman–Crippen LogP) is 0.213. The second kappa shape index (κ2) is 6.79. The summed E-state index contributed by atoms with van der Waals surface area (Å²) in [4.78, 5) is 11.3. The van der Waals surface area contributed by atoms with E-state index in [2.05, 4.69) is 5.32 Å². The Balaban J connectivity index is 3.82. The number of hydrogen-bond donors (Lipinski definition) is 3. The summed E-state index contributed by atoms with van der Waals surface area (Å²) in [6, 6.07) is 0.0256. The molecule has 0 radical (unpaired) electrons. The summed E-state index contributed by atoms with van der Waals surface area (Å²) in [5.74, 6) is 0.0693. The number of carbonyl (C=O) groups is 1. The van der Waals surface area contributed by atoms with Gasteiger partial charge in [0.2, 0.25) is 5.91 Å². The minimum absolute atomic E-state index is 0.00116. The van der Waals surface area contributed by atoms with E-state index in [9.17, 15) is 4.79 Å². The zero-order chi connectivity index (χ0) is 11.1. The number of hydrogen-bond acceptors (Lipinski definition) is 3. The van der Waals surface area contributed by atoms with E-state index >= 15 is 0 Å². The SMILES string of the molecule is CC(C)C(=O)NC(C)[C@@H](N)CCCN. The number of nitrogens with two attached hydrogens (primary N) is 2. The molecule has 0 saturated heterocycles. The van der Waals surface area contributed by atoms with Gasteiger partial charge >= 0.3 is 0 Å². The highest BCUT2D eigenvalue weighted by molar-refractivity contribution is 5.78. The lowest BCUT2D eigenvalue weighted by molar-refractivity contribution is -0.124. The van der Waals surface area contributed by atoms with Gasteiger partial charge in [-0.3, -0.25) is 4.79 Å². The van der Waals surface area contributed by atoms with Crippen molar-refractivity contribution in [3.63, 3.8) is 0 Å². The minimum Gasteiger partial charge on any atom is -0.352 e. The van der Waals surface area contributed by atoms with Gasteiger partial charge in [0.05, 0.1) is 0 Å². The molecule has 0 aromatic carbocycles. The third-order valence-corrected chi connectivity index (χ3v) is 2.28. The van der Waals surface area contributed by atoms with Gasteiger partial charge < -0.3 is 16.8 Å². The van der Waals surface area contributed by atoms with Crippen molar-refractivity contribution in [1.82, 2.24) is 5.32 Å². The van der Waals surface area contributed by atoms with Gasteiger partial charge in [-0.1, -0.05) is 13.8 Å². The van der Waals surface area contributed by atoms with Crippen LogP contribution < -0.4 is 16.8 Å². The van der Waals surface area contributed by atoms with E-state index in [1.165, 1.54) is 0 Å². The Bertz CT molecular complexity index is 171. The molecule has 1 unspecified atom stereocenters. The molecule has 84 valence electrons. The third-order valence-electron chi connectivity index (χ3n) is 2.28. The Morgan fingerprint density at radius 3 is 2.36 bits per heavy atom. The van der Waals surface area contributed by atoms with Gasteiger partial charge in [0.25, 0.3) is 0 Å². The maximum atomic E-state index is 11.3.